The lowest BCUT2D eigenvalue weighted by molar-refractivity contribution is -0.117. The number of benzene rings is 1. The third kappa shape index (κ3) is 3.89. The van der Waals surface area contributed by atoms with Crippen LogP contribution in [-0.4, -0.2) is 33.0 Å². The number of rotatable bonds is 5. The average Bonchev–Trinajstić information content (AvgIpc) is 3.28. The Morgan fingerprint density at radius 3 is 2.77 bits per heavy atom. The lowest BCUT2D eigenvalue weighted by atomic mass is 10.1. The molecule has 0 bridgehead atoms. The molecule has 0 radical (unpaired) electrons. The summed E-state index contributed by atoms with van der Waals surface area (Å²) in [6.45, 7) is 6.57. The zero-order valence-electron chi connectivity index (χ0n) is 17.3. The number of hydrogen-bond donors (Lipinski definition) is 1. The van der Waals surface area contributed by atoms with E-state index in [2.05, 4.69) is 15.4 Å². The number of amides is 2. The summed E-state index contributed by atoms with van der Waals surface area (Å²) in [5.41, 5.74) is 5.91. The van der Waals surface area contributed by atoms with Gasteiger partial charge in [-0.2, -0.15) is 5.10 Å². The minimum Gasteiger partial charge on any atom is -0.325 e. The van der Waals surface area contributed by atoms with Crippen LogP contribution >= 0.6 is 11.6 Å². The zero-order chi connectivity index (χ0) is 21.4. The molecule has 3 heterocycles. The maximum Gasteiger partial charge on any atom is 0.227 e. The molecule has 1 saturated heterocycles. The van der Waals surface area contributed by atoms with Gasteiger partial charge in [0, 0.05) is 42.5 Å². The van der Waals surface area contributed by atoms with Crippen LogP contribution in [0.1, 0.15) is 41.9 Å². The van der Waals surface area contributed by atoms with E-state index in [-0.39, 0.29) is 18.2 Å². The molecule has 1 aliphatic heterocycles. The Morgan fingerprint density at radius 1 is 1.23 bits per heavy atom. The van der Waals surface area contributed by atoms with Crippen LogP contribution in [0.3, 0.4) is 0 Å². The SMILES string of the molecule is Cc1cc2nc(C)c(CCC(=O)Nc3cc(N4CCCC4=O)ccc3Cl)c(C)n2n1. The molecular formula is C22H24ClN5O2. The third-order valence-electron chi connectivity index (χ3n) is 5.50. The van der Waals surface area contributed by atoms with E-state index in [1.807, 2.05) is 31.4 Å². The first-order valence-electron chi connectivity index (χ1n) is 10.1. The first-order valence-corrected chi connectivity index (χ1v) is 10.4. The number of carbonyl (C=O) groups excluding carboxylic acids is 2. The Morgan fingerprint density at radius 2 is 2.03 bits per heavy atom. The van der Waals surface area contributed by atoms with Crippen LogP contribution < -0.4 is 10.2 Å². The average molecular weight is 426 g/mol. The number of nitrogens with zero attached hydrogens (tertiary/aromatic N) is 4. The maximum absolute atomic E-state index is 12.6. The summed E-state index contributed by atoms with van der Waals surface area (Å²) in [7, 11) is 0. The molecular weight excluding hydrogens is 402 g/mol. The fourth-order valence-electron chi connectivity index (χ4n) is 3.95. The number of hydrogen-bond acceptors (Lipinski definition) is 4. The molecule has 2 amide bonds. The van der Waals surface area contributed by atoms with Gasteiger partial charge in [0.1, 0.15) is 0 Å². The number of halogens is 1. The monoisotopic (exact) mass is 425 g/mol. The normalized spacial score (nSPS) is 14.0. The highest BCUT2D eigenvalue weighted by Crippen LogP contribution is 2.30. The zero-order valence-corrected chi connectivity index (χ0v) is 18.1. The molecule has 1 aliphatic rings. The van der Waals surface area contributed by atoms with Gasteiger partial charge < -0.3 is 10.2 Å². The van der Waals surface area contributed by atoms with Crippen LogP contribution in [-0.2, 0) is 16.0 Å². The quantitative estimate of drug-likeness (QED) is 0.669. The van der Waals surface area contributed by atoms with Crippen molar-refractivity contribution in [2.45, 2.75) is 46.5 Å². The van der Waals surface area contributed by atoms with Crippen molar-refractivity contribution in [3.8, 4) is 0 Å². The summed E-state index contributed by atoms with van der Waals surface area (Å²) in [6.07, 6.45) is 2.23. The summed E-state index contributed by atoms with van der Waals surface area (Å²) in [5.74, 6) is -0.0466. The Balaban J connectivity index is 1.48. The maximum atomic E-state index is 12.6. The molecule has 1 aromatic carbocycles. The predicted molar refractivity (Wildman–Crippen MR) is 117 cm³/mol. The van der Waals surface area contributed by atoms with Gasteiger partial charge in [-0.05, 0) is 57.4 Å². The van der Waals surface area contributed by atoms with Crippen molar-refractivity contribution in [3.63, 3.8) is 0 Å². The second-order valence-corrected chi connectivity index (χ2v) is 8.09. The molecule has 1 fully saturated rings. The number of carbonyl (C=O) groups is 2. The highest BCUT2D eigenvalue weighted by Gasteiger charge is 2.22. The Kier molecular flexibility index (Phi) is 5.47. The van der Waals surface area contributed by atoms with Gasteiger partial charge in [0.25, 0.3) is 0 Å². The minimum atomic E-state index is -0.141. The lowest BCUT2D eigenvalue weighted by Gasteiger charge is -2.18. The van der Waals surface area contributed by atoms with Gasteiger partial charge in [-0.1, -0.05) is 11.6 Å². The molecule has 156 valence electrons. The minimum absolute atomic E-state index is 0.0947. The van der Waals surface area contributed by atoms with Crippen LogP contribution in [0.25, 0.3) is 5.65 Å². The largest absolute Gasteiger partial charge is 0.325 e. The van der Waals surface area contributed by atoms with Gasteiger partial charge in [0.05, 0.1) is 16.4 Å². The Hall–Kier alpha value is -2.93. The fourth-order valence-corrected chi connectivity index (χ4v) is 4.12. The molecule has 2 aromatic heterocycles. The number of aromatic nitrogens is 3. The molecule has 1 N–H and O–H groups in total. The molecule has 0 unspecified atom stereocenters. The molecule has 30 heavy (non-hydrogen) atoms. The van der Waals surface area contributed by atoms with Gasteiger partial charge in [-0.15, -0.1) is 0 Å². The first-order chi connectivity index (χ1) is 14.3. The van der Waals surface area contributed by atoms with Crippen molar-refractivity contribution in [3.05, 3.63) is 51.9 Å². The van der Waals surface area contributed by atoms with Gasteiger partial charge in [0.2, 0.25) is 11.8 Å². The van der Waals surface area contributed by atoms with E-state index >= 15 is 0 Å². The van der Waals surface area contributed by atoms with Crippen LogP contribution in [0.4, 0.5) is 11.4 Å². The van der Waals surface area contributed by atoms with E-state index < -0.39 is 0 Å². The predicted octanol–water partition coefficient (Wildman–Crippen LogP) is 4.01. The van der Waals surface area contributed by atoms with Crippen molar-refractivity contribution in [1.29, 1.82) is 0 Å². The van der Waals surface area contributed by atoms with Crippen molar-refractivity contribution < 1.29 is 9.59 Å². The molecule has 7 nitrogen and oxygen atoms in total. The van der Waals surface area contributed by atoms with Crippen LogP contribution in [0.2, 0.25) is 5.02 Å². The van der Waals surface area contributed by atoms with E-state index in [1.165, 1.54) is 0 Å². The third-order valence-corrected chi connectivity index (χ3v) is 5.83. The highest BCUT2D eigenvalue weighted by molar-refractivity contribution is 6.33. The van der Waals surface area contributed by atoms with Gasteiger partial charge in [-0.3, -0.25) is 9.59 Å². The Labute approximate surface area is 180 Å². The van der Waals surface area contributed by atoms with Crippen molar-refractivity contribution in [2.75, 3.05) is 16.8 Å². The summed E-state index contributed by atoms with van der Waals surface area (Å²) >= 11 is 6.28. The first kappa shape index (κ1) is 20.3. The molecule has 0 spiro atoms. The summed E-state index contributed by atoms with van der Waals surface area (Å²) in [5, 5.41) is 7.81. The molecule has 4 rings (SSSR count). The number of aryl methyl sites for hydroxylation is 3. The number of anilines is 2. The van der Waals surface area contributed by atoms with Gasteiger partial charge >= 0.3 is 0 Å². The van der Waals surface area contributed by atoms with E-state index in [1.54, 1.807) is 23.1 Å². The van der Waals surface area contributed by atoms with E-state index in [0.717, 1.165) is 40.4 Å². The Bertz CT molecular complexity index is 1150. The molecule has 0 atom stereocenters. The van der Waals surface area contributed by atoms with Gasteiger partial charge in [0.15, 0.2) is 5.65 Å². The van der Waals surface area contributed by atoms with Crippen LogP contribution in [0.5, 0.6) is 0 Å². The molecule has 3 aromatic rings. The molecule has 0 saturated carbocycles. The van der Waals surface area contributed by atoms with Crippen LogP contribution in [0, 0.1) is 20.8 Å². The standard InChI is InChI=1S/C22H24ClN5O2/c1-13-11-20-24-14(2)17(15(3)28(20)26-13)7-9-21(29)25-19-12-16(6-8-18(19)23)27-10-4-5-22(27)30/h6,8,11-12H,4-5,7,9-10H2,1-3H3,(H,25,29). The van der Waals surface area contributed by atoms with Gasteiger partial charge in [-0.25, -0.2) is 9.50 Å². The molecule has 8 heteroatoms. The van der Waals surface area contributed by atoms with Crippen LogP contribution in [0.15, 0.2) is 24.3 Å². The van der Waals surface area contributed by atoms with E-state index in [0.29, 0.717) is 30.1 Å². The van der Waals surface area contributed by atoms with Crippen molar-refractivity contribution >= 4 is 40.4 Å². The number of nitrogens with one attached hydrogen (secondary N) is 1. The summed E-state index contributed by atoms with van der Waals surface area (Å²) in [6, 6.07) is 7.22. The second kappa shape index (κ2) is 8.07. The topological polar surface area (TPSA) is 79.6 Å². The van der Waals surface area contributed by atoms with Crippen molar-refractivity contribution in [1.82, 2.24) is 14.6 Å². The fraction of sp³-hybridized carbons (Fsp3) is 0.364. The highest BCUT2D eigenvalue weighted by atomic mass is 35.5. The number of fused-ring (bicyclic) bond motifs is 1. The summed E-state index contributed by atoms with van der Waals surface area (Å²) in [4.78, 5) is 31.0. The second-order valence-electron chi connectivity index (χ2n) is 7.68. The smallest absolute Gasteiger partial charge is 0.227 e. The molecule has 0 aliphatic carbocycles. The van der Waals surface area contributed by atoms with E-state index in [9.17, 15) is 9.59 Å². The summed E-state index contributed by atoms with van der Waals surface area (Å²) < 4.78 is 1.82. The van der Waals surface area contributed by atoms with Crippen molar-refractivity contribution in [2.24, 2.45) is 0 Å². The van der Waals surface area contributed by atoms with E-state index in [4.69, 9.17) is 11.6 Å². The lowest BCUT2D eigenvalue weighted by Crippen LogP contribution is -2.24.